The molecular formula is C27H36O4. The molecular weight excluding hydrogens is 388 g/mol. The highest BCUT2D eigenvalue weighted by Gasteiger charge is 2.65. The second kappa shape index (κ2) is 6.14. The van der Waals surface area contributed by atoms with E-state index < -0.39 is 5.79 Å². The zero-order valence-electron chi connectivity index (χ0n) is 19.5. The zero-order valence-corrected chi connectivity index (χ0v) is 19.5. The number of carbonyl (C=O) groups is 1. The summed E-state index contributed by atoms with van der Waals surface area (Å²) in [5.41, 5.74) is 2.87. The SMILES string of the molecule is CC1(C)COC2(C=C3C=CC4C(=CC[C@@]5(C)[C@H]4CC[C@@]54CCC(=O)O4)[C@@]3(C)CC2)OC1. The van der Waals surface area contributed by atoms with Crippen molar-refractivity contribution in [2.24, 2.45) is 28.1 Å². The van der Waals surface area contributed by atoms with Crippen molar-refractivity contribution in [3.63, 3.8) is 0 Å². The van der Waals surface area contributed by atoms with Crippen LogP contribution in [0.1, 0.15) is 72.6 Å². The maximum atomic E-state index is 12.0. The first-order chi connectivity index (χ1) is 14.6. The molecule has 2 aliphatic heterocycles. The molecule has 4 nitrogen and oxygen atoms in total. The van der Waals surface area contributed by atoms with E-state index in [1.54, 1.807) is 5.57 Å². The van der Waals surface area contributed by atoms with Gasteiger partial charge in [0.05, 0.1) is 13.2 Å². The predicted molar refractivity (Wildman–Crippen MR) is 118 cm³/mol. The molecule has 0 radical (unpaired) electrons. The fourth-order valence-electron chi connectivity index (χ4n) is 7.69. The first-order valence-electron chi connectivity index (χ1n) is 12.2. The number of rotatable bonds is 0. The van der Waals surface area contributed by atoms with Gasteiger partial charge in [0.15, 0.2) is 5.79 Å². The first kappa shape index (κ1) is 20.2. The molecule has 0 N–H and O–H groups in total. The van der Waals surface area contributed by atoms with Gasteiger partial charge in [0, 0.05) is 35.0 Å². The van der Waals surface area contributed by atoms with Crippen molar-refractivity contribution in [2.75, 3.05) is 13.2 Å². The lowest BCUT2D eigenvalue weighted by molar-refractivity contribution is -0.279. The molecule has 2 spiro atoms. The second-order valence-corrected chi connectivity index (χ2v) is 12.3. The summed E-state index contributed by atoms with van der Waals surface area (Å²) in [6.45, 7) is 10.7. The van der Waals surface area contributed by atoms with Crippen LogP contribution < -0.4 is 0 Å². The van der Waals surface area contributed by atoms with E-state index in [4.69, 9.17) is 14.2 Å². The van der Waals surface area contributed by atoms with Gasteiger partial charge in [-0.05, 0) is 49.7 Å². The van der Waals surface area contributed by atoms with Crippen LogP contribution in [0.15, 0.2) is 35.5 Å². The number of carbonyl (C=O) groups excluding carboxylic acids is 1. The second-order valence-electron chi connectivity index (χ2n) is 12.3. The number of hydrogen-bond acceptors (Lipinski definition) is 4. The Hall–Kier alpha value is -1.39. The Morgan fingerprint density at radius 3 is 2.48 bits per heavy atom. The van der Waals surface area contributed by atoms with Gasteiger partial charge < -0.3 is 14.2 Å². The highest BCUT2D eigenvalue weighted by Crippen LogP contribution is 2.67. The van der Waals surface area contributed by atoms with Crippen LogP contribution in [0, 0.1) is 28.1 Å². The van der Waals surface area contributed by atoms with E-state index in [0.717, 1.165) is 51.7 Å². The average molecular weight is 425 g/mol. The van der Waals surface area contributed by atoms with Crippen LogP contribution in [0.3, 0.4) is 0 Å². The molecule has 168 valence electrons. The van der Waals surface area contributed by atoms with Gasteiger partial charge in [-0.15, -0.1) is 0 Å². The van der Waals surface area contributed by atoms with E-state index >= 15 is 0 Å². The van der Waals surface area contributed by atoms with Crippen LogP contribution in [0.5, 0.6) is 0 Å². The summed E-state index contributed by atoms with van der Waals surface area (Å²) in [5.74, 6) is 0.440. The van der Waals surface area contributed by atoms with Crippen LogP contribution in [0.25, 0.3) is 0 Å². The molecule has 1 saturated carbocycles. The summed E-state index contributed by atoms with van der Waals surface area (Å²) >= 11 is 0. The number of fused-ring (bicyclic) bond motifs is 6. The van der Waals surface area contributed by atoms with Crippen molar-refractivity contribution in [1.29, 1.82) is 0 Å². The Morgan fingerprint density at radius 1 is 1.00 bits per heavy atom. The molecule has 6 rings (SSSR count). The number of esters is 1. The Kier molecular flexibility index (Phi) is 4.01. The third-order valence-electron chi connectivity index (χ3n) is 9.82. The fourth-order valence-corrected chi connectivity index (χ4v) is 7.69. The number of hydrogen-bond donors (Lipinski definition) is 0. The summed E-state index contributed by atoms with van der Waals surface area (Å²) < 4.78 is 18.7. The van der Waals surface area contributed by atoms with E-state index in [0.29, 0.717) is 18.3 Å². The van der Waals surface area contributed by atoms with Gasteiger partial charge >= 0.3 is 5.97 Å². The largest absolute Gasteiger partial charge is 0.458 e. The highest BCUT2D eigenvalue weighted by atomic mass is 16.7. The van der Waals surface area contributed by atoms with Crippen molar-refractivity contribution >= 4 is 5.97 Å². The minimum absolute atomic E-state index is 0.00116. The van der Waals surface area contributed by atoms with E-state index in [-0.39, 0.29) is 27.8 Å². The summed E-state index contributed by atoms with van der Waals surface area (Å²) in [6, 6.07) is 0. The maximum absolute atomic E-state index is 12.0. The van der Waals surface area contributed by atoms with Crippen molar-refractivity contribution in [3.8, 4) is 0 Å². The smallest absolute Gasteiger partial charge is 0.306 e. The van der Waals surface area contributed by atoms with Crippen molar-refractivity contribution in [2.45, 2.75) is 84.0 Å². The molecule has 0 bridgehead atoms. The molecule has 2 saturated heterocycles. The summed E-state index contributed by atoms with van der Waals surface area (Å²) in [7, 11) is 0. The fraction of sp³-hybridized carbons (Fsp3) is 0.741. The number of ether oxygens (including phenoxy) is 3. The molecule has 1 unspecified atom stereocenters. The molecule has 5 atom stereocenters. The molecule has 4 heteroatoms. The maximum Gasteiger partial charge on any atom is 0.306 e. The van der Waals surface area contributed by atoms with Crippen molar-refractivity contribution in [1.82, 2.24) is 0 Å². The summed E-state index contributed by atoms with van der Waals surface area (Å²) in [6.07, 6.45) is 16.2. The Balaban J connectivity index is 1.34. The molecule has 0 amide bonds. The Bertz CT molecular complexity index is 916. The van der Waals surface area contributed by atoms with Crippen LogP contribution in [0.2, 0.25) is 0 Å². The van der Waals surface area contributed by atoms with E-state index in [9.17, 15) is 4.79 Å². The van der Waals surface area contributed by atoms with Gasteiger partial charge in [-0.25, -0.2) is 0 Å². The molecule has 0 aromatic rings. The van der Waals surface area contributed by atoms with E-state index in [2.05, 4.69) is 52.0 Å². The van der Waals surface area contributed by atoms with Gasteiger partial charge in [-0.2, -0.15) is 0 Å². The van der Waals surface area contributed by atoms with Gasteiger partial charge in [-0.3, -0.25) is 4.79 Å². The van der Waals surface area contributed by atoms with E-state index in [1.807, 2.05) is 0 Å². The first-order valence-corrected chi connectivity index (χ1v) is 12.2. The van der Waals surface area contributed by atoms with Crippen LogP contribution >= 0.6 is 0 Å². The van der Waals surface area contributed by atoms with Gasteiger partial charge in [0.2, 0.25) is 0 Å². The van der Waals surface area contributed by atoms with Crippen LogP contribution in [-0.4, -0.2) is 30.6 Å². The normalized spacial score (nSPS) is 46.8. The standard InChI is InChI=1S/C27H36O4/c1-23(2)16-29-27(30-17-23)14-13-24(3)18(15-27)5-6-19-20(24)7-10-25(4)21(19)8-11-26(25)12-9-22(28)31-26/h5-7,15,19,21H,8-14,16-17H2,1-4H3/t19?,21-,24-,25-,26+/m0/s1. The van der Waals surface area contributed by atoms with Crippen molar-refractivity contribution in [3.05, 3.63) is 35.5 Å². The van der Waals surface area contributed by atoms with Crippen LogP contribution in [-0.2, 0) is 19.0 Å². The van der Waals surface area contributed by atoms with Gasteiger partial charge in [0.1, 0.15) is 5.60 Å². The zero-order chi connectivity index (χ0) is 21.7. The molecule has 3 fully saturated rings. The van der Waals surface area contributed by atoms with Gasteiger partial charge in [0.25, 0.3) is 0 Å². The van der Waals surface area contributed by atoms with E-state index in [1.165, 1.54) is 5.57 Å². The average Bonchev–Trinajstić information content (AvgIpc) is 3.25. The Morgan fingerprint density at radius 2 is 1.77 bits per heavy atom. The molecule has 4 aliphatic carbocycles. The molecule has 31 heavy (non-hydrogen) atoms. The third kappa shape index (κ3) is 2.64. The Labute approximate surface area is 186 Å². The minimum Gasteiger partial charge on any atom is -0.458 e. The molecule has 0 aromatic heterocycles. The predicted octanol–water partition coefficient (Wildman–Crippen LogP) is 5.49. The number of allylic oxidation sites excluding steroid dienone is 5. The molecule has 6 aliphatic rings. The topological polar surface area (TPSA) is 44.8 Å². The highest BCUT2D eigenvalue weighted by molar-refractivity contribution is 5.72. The third-order valence-corrected chi connectivity index (χ3v) is 9.82. The lowest BCUT2D eigenvalue weighted by Crippen LogP contribution is -2.52. The lowest BCUT2D eigenvalue weighted by Gasteiger charge is -2.55. The quantitative estimate of drug-likeness (QED) is 0.381. The lowest BCUT2D eigenvalue weighted by atomic mass is 9.52. The van der Waals surface area contributed by atoms with Crippen LogP contribution in [0.4, 0.5) is 0 Å². The molecule has 2 heterocycles. The minimum atomic E-state index is -0.555. The summed E-state index contributed by atoms with van der Waals surface area (Å²) in [5, 5.41) is 0. The van der Waals surface area contributed by atoms with Gasteiger partial charge in [-0.1, -0.05) is 51.5 Å². The van der Waals surface area contributed by atoms with Crippen molar-refractivity contribution < 1.29 is 19.0 Å². The molecule has 0 aromatic carbocycles. The monoisotopic (exact) mass is 424 g/mol. The summed E-state index contributed by atoms with van der Waals surface area (Å²) in [4.78, 5) is 12.0.